The number of anilines is 1. The topological polar surface area (TPSA) is 29.1 Å². The fraction of sp³-hybridized carbons (Fsp3) is 0.235. The van der Waals surface area contributed by atoms with Gasteiger partial charge in [0.1, 0.15) is 0 Å². The van der Waals surface area contributed by atoms with Crippen LogP contribution in [0.5, 0.6) is 0 Å². The molecule has 2 nitrogen and oxygen atoms in total. The second-order valence-electron chi connectivity index (χ2n) is 4.65. The minimum atomic E-state index is -0.0423. The van der Waals surface area contributed by atoms with Crippen LogP contribution in [0.4, 0.5) is 5.69 Å². The summed E-state index contributed by atoms with van der Waals surface area (Å²) in [6.07, 6.45) is 2.92. The molecule has 104 valence electrons. The lowest BCUT2D eigenvalue weighted by Crippen LogP contribution is -2.14. The van der Waals surface area contributed by atoms with Crippen molar-refractivity contribution in [1.82, 2.24) is 0 Å². The lowest BCUT2D eigenvalue weighted by molar-refractivity contribution is 0.102. The Bertz CT molecular complexity index is 622. The Morgan fingerprint density at radius 2 is 1.95 bits per heavy atom. The highest BCUT2D eigenvalue weighted by molar-refractivity contribution is 7.98. The molecule has 0 unspecified atom stereocenters. The van der Waals surface area contributed by atoms with Crippen molar-refractivity contribution in [2.24, 2.45) is 0 Å². The van der Waals surface area contributed by atoms with Gasteiger partial charge in [-0.2, -0.15) is 0 Å². The zero-order chi connectivity index (χ0) is 14.5. The number of thioether (sulfide) groups is 1. The van der Waals surface area contributed by atoms with E-state index < -0.39 is 0 Å². The van der Waals surface area contributed by atoms with E-state index in [-0.39, 0.29) is 5.91 Å². The van der Waals surface area contributed by atoms with E-state index in [1.807, 2.05) is 55.6 Å². The van der Waals surface area contributed by atoms with Crippen molar-refractivity contribution in [1.29, 1.82) is 0 Å². The Hall–Kier alpha value is -1.74. The predicted molar refractivity (Wildman–Crippen MR) is 86.7 cm³/mol. The molecule has 0 aliphatic rings. The molecule has 0 aromatic heterocycles. The minimum absolute atomic E-state index is 0.0423. The summed E-state index contributed by atoms with van der Waals surface area (Å²) < 4.78 is 0. The van der Waals surface area contributed by atoms with E-state index in [1.54, 1.807) is 11.8 Å². The average molecular weight is 285 g/mol. The number of hydrogen-bond donors (Lipinski definition) is 1. The van der Waals surface area contributed by atoms with Crippen LogP contribution in [0.1, 0.15) is 28.4 Å². The molecule has 0 fully saturated rings. The first kappa shape index (κ1) is 14.7. The highest BCUT2D eigenvalue weighted by Crippen LogP contribution is 2.21. The molecule has 2 rings (SSSR count). The molecule has 1 amide bonds. The second kappa shape index (κ2) is 6.62. The van der Waals surface area contributed by atoms with Crippen LogP contribution in [0.2, 0.25) is 0 Å². The zero-order valence-corrected chi connectivity index (χ0v) is 12.9. The average Bonchev–Trinajstić information content (AvgIpc) is 2.48. The van der Waals surface area contributed by atoms with Gasteiger partial charge in [-0.1, -0.05) is 31.2 Å². The number of nitrogens with one attached hydrogen (secondary N) is 1. The van der Waals surface area contributed by atoms with E-state index in [0.29, 0.717) is 0 Å². The van der Waals surface area contributed by atoms with E-state index in [9.17, 15) is 4.79 Å². The molecule has 0 spiro atoms. The van der Waals surface area contributed by atoms with Crippen LogP contribution in [-0.4, -0.2) is 12.2 Å². The number of benzene rings is 2. The molecule has 3 heteroatoms. The van der Waals surface area contributed by atoms with Crippen molar-refractivity contribution < 1.29 is 4.79 Å². The first-order valence-electron chi connectivity index (χ1n) is 6.69. The standard InChI is InChI=1S/C17H19NOS/c1-4-13-7-5-6-8-16(13)18-17(19)15-11-14(20-3)10-9-12(15)2/h5-11H,4H2,1-3H3,(H,18,19). The third-order valence-corrected chi connectivity index (χ3v) is 4.06. The van der Waals surface area contributed by atoms with Gasteiger partial charge in [-0.15, -0.1) is 11.8 Å². The van der Waals surface area contributed by atoms with Gasteiger partial charge in [-0.25, -0.2) is 0 Å². The molecule has 0 bridgehead atoms. The maximum Gasteiger partial charge on any atom is 0.255 e. The van der Waals surface area contributed by atoms with Crippen molar-refractivity contribution >= 4 is 23.4 Å². The van der Waals surface area contributed by atoms with Gasteiger partial charge in [-0.3, -0.25) is 4.79 Å². The van der Waals surface area contributed by atoms with Crippen molar-refractivity contribution in [3.63, 3.8) is 0 Å². The Labute approximate surface area is 124 Å². The van der Waals surface area contributed by atoms with Crippen LogP contribution in [0.25, 0.3) is 0 Å². The summed E-state index contributed by atoms with van der Waals surface area (Å²) in [5.41, 5.74) is 3.78. The molecule has 0 radical (unpaired) electrons. The molecule has 0 atom stereocenters. The normalized spacial score (nSPS) is 10.3. The molecule has 20 heavy (non-hydrogen) atoms. The monoisotopic (exact) mass is 285 g/mol. The number of rotatable bonds is 4. The fourth-order valence-electron chi connectivity index (χ4n) is 2.11. The number of amides is 1. The molecule has 0 aliphatic carbocycles. The fourth-order valence-corrected chi connectivity index (χ4v) is 2.55. The van der Waals surface area contributed by atoms with E-state index in [0.717, 1.165) is 33.7 Å². The Kier molecular flexibility index (Phi) is 4.85. The molecule has 0 saturated heterocycles. The Morgan fingerprint density at radius 1 is 1.20 bits per heavy atom. The summed E-state index contributed by atoms with van der Waals surface area (Å²) in [6.45, 7) is 4.05. The summed E-state index contributed by atoms with van der Waals surface area (Å²) >= 11 is 1.64. The van der Waals surface area contributed by atoms with E-state index in [1.165, 1.54) is 0 Å². The third-order valence-electron chi connectivity index (χ3n) is 3.34. The van der Waals surface area contributed by atoms with E-state index >= 15 is 0 Å². The highest BCUT2D eigenvalue weighted by atomic mass is 32.2. The summed E-state index contributed by atoms with van der Waals surface area (Å²) in [6, 6.07) is 13.9. The van der Waals surface area contributed by atoms with Crippen molar-refractivity contribution in [3.8, 4) is 0 Å². The van der Waals surface area contributed by atoms with E-state index in [4.69, 9.17) is 0 Å². The van der Waals surface area contributed by atoms with E-state index in [2.05, 4.69) is 12.2 Å². The van der Waals surface area contributed by atoms with Gasteiger partial charge in [0.2, 0.25) is 0 Å². The molecule has 0 aliphatic heterocycles. The zero-order valence-electron chi connectivity index (χ0n) is 12.1. The molecule has 0 heterocycles. The molecule has 2 aromatic rings. The predicted octanol–water partition coefficient (Wildman–Crippen LogP) is 4.53. The van der Waals surface area contributed by atoms with Gasteiger partial charge in [0.25, 0.3) is 5.91 Å². The lowest BCUT2D eigenvalue weighted by atomic mass is 10.1. The lowest BCUT2D eigenvalue weighted by Gasteiger charge is -2.12. The van der Waals surface area contributed by atoms with Gasteiger partial charge in [0.05, 0.1) is 0 Å². The molecular formula is C17H19NOS. The number of carbonyl (C=O) groups excluding carboxylic acids is 1. The summed E-state index contributed by atoms with van der Waals surface area (Å²) in [5, 5.41) is 3.02. The van der Waals surface area contributed by atoms with Crippen LogP contribution >= 0.6 is 11.8 Å². The molecule has 0 saturated carbocycles. The molecular weight excluding hydrogens is 266 g/mol. The van der Waals surface area contributed by atoms with Crippen molar-refractivity contribution in [2.45, 2.75) is 25.2 Å². The maximum atomic E-state index is 12.5. The van der Waals surface area contributed by atoms with Gasteiger partial charge in [0.15, 0.2) is 0 Å². The van der Waals surface area contributed by atoms with Gasteiger partial charge < -0.3 is 5.32 Å². The van der Waals surface area contributed by atoms with Crippen LogP contribution < -0.4 is 5.32 Å². The quantitative estimate of drug-likeness (QED) is 0.836. The number of para-hydroxylation sites is 1. The van der Waals surface area contributed by atoms with Crippen molar-refractivity contribution in [2.75, 3.05) is 11.6 Å². The minimum Gasteiger partial charge on any atom is -0.322 e. The largest absolute Gasteiger partial charge is 0.322 e. The maximum absolute atomic E-state index is 12.5. The van der Waals surface area contributed by atoms with Crippen LogP contribution in [0, 0.1) is 6.92 Å². The smallest absolute Gasteiger partial charge is 0.255 e. The highest BCUT2D eigenvalue weighted by Gasteiger charge is 2.11. The first-order chi connectivity index (χ1) is 9.65. The van der Waals surface area contributed by atoms with Crippen LogP contribution in [0.3, 0.4) is 0 Å². The second-order valence-corrected chi connectivity index (χ2v) is 5.53. The number of hydrogen-bond acceptors (Lipinski definition) is 2. The molecule has 1 N–H and O–H groups in total. The van der Waals surface area contributed by atoms with Gasteiger partial charge >= 0.3 is 0 Å². The summed E-state index contributed by atoms with van der Waals surface area (Å²) in [4.78, 5) is 13.6. The number of aryl methyl sites for hydroxylation is 2. The van der Waals surface area contributed by atoms with Crippen LogP contribution in [-0.2, 0) is 6.42 Å². The molecule has 2 aromatic carbocycles. The van der Waals surface area contributed by atoms with Gasteiger partial charge in [0, 0.05) is 16.1 Å². The summed E-state index contributed by atoms with van der Waals surface area (Å²) in [7, 11) is 0. The first-order valence-corrected chi connectivity index (χ1v) is 7.92. The Balaban J connectivity index is 2.28. The SMILES string of the molecule is CCc1ccccc1NC(=O)c1cc(SC)ccc1C. The Morgan fingerprint density at radius 3 is 2.65 bits per heavy atom. The van der Waals surface area contributed by atoms with Gasteiger partial charge in [-0.05, 0) is 48.9 Å². The van der Waals surface area contributed by atoms with Crippen molar-refractivity contribution in [3.05, 3.63) is 59.2 Å². The van der Waals surface area contributed by atoms with Crippen LogP contribution in [0.15, 0.2) is 47.4 Å². The summed E-state index contributed by atoms with van der Waals surface area (Å²) in [5.74, 6) is -0.0423. The number of carbonyl (C=O) groups is 1. The third kappa shape index (κ3) is 3.23.